The first-order valence-corrected chi connectivity index (χ1v) is 11.3. The van der Waals surface area contributed by atoms with E-state index in [2.05, 4.69) is 16.4 Å². The Morgan fingerprint density at radius 3 is 2.75 bits per heavy atom. The fourth-order valence-corrected chi connectivity index (χ4v) is 4.18. The van der Waals surface area contributed by atoms with E-state index in [-0.39, 0.29) is 11.7 Å². The van der Waals surface area contributed by atoms with E-state index in [1.807, 2.05) is 54.3 Å². The van der Waals surface area contributed by atoms with Gasteiger partial charge in [-0.2, -0.15) is 0 Å². The second-order valence-corrected chi connectivity index (χ2v) is 8.63. The molecule has 1 atom stereocenters. The average Bonchev–Trinajstić information content (AvgIpc) is 3.32. The SMILES string of the molecule is COc1ccc(CN(Cc2cc3cc(C)ccc3[nH]c2=O)C(=S)NCC2CCCO2)cc1. The highest BCUT2D eigenvalue weighted by Gasteiger charge is 2.18. The molecule has 1 aromatic heterocycles. The standard InChI is InChI=1S/C25H29N3O3S/c1-17-5-10-23-19(12-17)13-20(24(29)27-23)16-28(15-18-6-8-21(30-2)9-7-18)25(32)26-14-22-4-3-11-31-22/h5-10,12-13,22H,3-4,11,14-16H2,1-2H3,(H,26,32)(H,27,29). The van der Waals surface area contributed by atoms with Gasteiger partial charge in [0.05, 0.1) is 19.8 Å². The quantitative estimate of drug-likeness (QED) is 0.531. The minimum absolute atomic E-state index is 0.0944. The molecule has 0 radical (unpaired) electrons. The number of hydrogen-bond acceptors (Lipinski definition) is 4. The van der Waals surface area contributed by atoms with Crippen LogP contribution in [0.5, 0.6) is 5.75 Å². The molecule has 168 valence electrons. The third-order valence-electron chi connectivity index (χ3n) is 5.76. The Kier molecular flexibility index (Phi) is 7.07. The molecule has 0 aliphatic carbocycles. The molecule has 2 heterocycles. The van der Waals surface area contributed by atoms with Crippen LogP contribution in [0.25, 0.3) is 10.9 Å². The number of thiocarbonyl (C=S) groups is 1. The predicted molar refractivity (Wildman–Crippen MR) is 131 cm³/mol. The predicted octanol–water partition coefficient (Wildman–Crippen LogP) is 3.90. The van der Waals surface area contributed by atoms with Crippen LogP contribution in [0.3, 0.4) is 0 Å². The number of hydrogen-bond donors (Lipinski definition) is 2. The molecule has 3 aromatic rings. The Morgan fingerprint density at radius 2 is 2.03 bits per heavy atom. The lowest BCUT2D eigenvalue weighted by atomic mass is 10.1. The van der Waals surface area contributed by atoms with Crippen molar-refractivity contribution in [2.45, 2.75) is 39.0 Å². The van der Waals surface area contributed by atoms with E-state index in [0.29, 0.717) is 30.3 Å². The molecule has 0 bridgehead atoms. The van der Waals surface area contributed by atoms with Gasteiger partial charge < -0.3 is 24.7 Å². The van der Waals surface area contributed by atoms with Crippen molar-refractivity contribution in [2.75, 3.05) is 20.3 Å². The molecule has 1 aliphatic rings. The van der Waals surface area contributed by atoms with Gasteiger partial charge in [0.15, 0.2) is 5.11 Å². The molecular weight excluding hydrogens is 422 g/mol. The zero-order chi connectivity index (χ0) is 22.5. The number of aryl methyl sites for hydroxylation is 1. The third kappa shape index (κ3) is 5.47. The number of ether oxygens (including phenoxy) is 2. The second-order valence-electron chi connectivity index (χ2n) is 8.24. The number of fused-ring (bicyclic) bond motifs is 1. The topological polar surface area (TPSA) is 66.6 Å². The van der Waals surface area contributed by atoms with Crippen molar-refractivity contribution in [2.24, 2.45) is 0 Å². The molecule has 2 N–H and O–H groups in total. The smallest absolute Gasteiger partial charge is 0.253 e. The molecular formula is C25H29N3O3S. The summed E-state index contributed by atoms with van der Waals surface area (Å²) in [6, 6.07) is 15.9. The van der Waals surface area contributed by atoms with Crippen LogP contribution in [0.4, 0.5) is 0 Å². The maximum atomic E-state index is 12.8. The Labute approximate surface area is 193 Å². The lowest BCUT2D eigenvalue weighted by molar-refractivity contribution is 0.113. The molecule has 1 saturated heterocycles. The van der Waals surface area contributed by atoms with Crippen LogP contribution in [0.1, 0.15) is 29.5 Å². The van der Waals surface area contributed by atoms with Gasteiger partial charge in [0.1, 0.15) is 5.75 Å². The Balaban J connectivity index is 1.57. The maximum absolute atomic E-state index is 12.8. The minimum Gasteiger partial charge on any atom is -0.497 e. The molecule has 7 heteroatoms. The average molecular weight is 452 g/mol. The van der Waals surface area contributed by atoms with Crippen molar-refractivity contribution in [3.63, 3.8) is 0 Å². The lowest BCUT2D eigenvalue weighted by Gasteiger charge is -2.27. The van der Waals surface area contributed by atoms with E-state index in [4.69, 9.17) is 21.7 Å². The number of benzene rings is 2. The van der Waals surface area contributed by atoms with E-state index in [1.165, 1.54) is 0 Å². The van der Waals surface area contributed by atoms with Gasteiger partial charge in [-0.15, -0.1) is 0 Å². The lowest BCUT2D eigenvalue weighted by Crippen LogP contribution is -2.42. The van der Waals surface area contributed by atoms with Crippen LogP contribution < -0.4 is 15.6 Å². The van der Waals surface area contributed by atoms with Gasteiger partial charge in [0.2, 0.25) is 0 Å². The highest BCUT2D eigenvalue weighted by molar-refractivity contribution is 7.80. The maximum Gasteiger partial charge on any atom is 0.253 e. The molecule has 2 aromatic carbocycles. The van der Waals surface area contributed by atoms with Crippen LogP contribution in [-0.4, -0.2) is 41.4 Å². The summed E-state index contributed by atoms with van der Waals surface area (Å²) < 4.78 is 11.0. The van der Waals surface area contributed by atoms with Crippen molar-refractivity contribution in [3.8, 4) is 5.75 Å². The van der Waals surface area contributed by atoms with Crippen LogP contribution in [0.2, 0.25) is 0 Å². The number of rotatable bonds is 7. The molecule has 1 aliphatic heterocycles. The molecule has 6 nitrogen and oxygen atoms in total. The van der Waals surface area contributed by atoms with Crippen LogP contribution in [0, 0.1) is 6.92 Å². The summed E-state index contributed by atoms with van der Waals surface area (Å²) in [5, 5.41) is 4.98. The molecule has 0 saturated carbocycles. The highest BCUT2D eigenvalue weighted by Crippen LogP contribution is 2.17. The van der Waals surface area contributed by atoms with Crippen LogP contribution in [0.15, 0.2) is 53.3 Å². The fraction of sp³-hybridized carbons (Fsp3) is 0.360. The number of H-pyrrole nitrogens is 1. The minimum atomic E-state index is -0.0944. The summed E-state index contributed by atoms with van der Waals surface area (Å²) in [5.74, 6) is 0.806. The summed E-state index contributed by atoms with van der Waals surface area (Å²) in [6.07, 6.45) is 2.31. The summed E-state index contributed by atoms with van der Waals surface area (Å²) >= 11 is 5.74. The van der Waals surface area contributed by atoms with E-state index >= 15 is 0 Å². The van der Waals surface area contributed by atoms with Crippen molar-refractivity contribution in [1.29, 1.82) is 0 Å². The summed E-state index contributed by atoms with van der Waals surface area (Å²) in [7, 11) is 1.65. The number of nitrogens with one attached hydrogen (secondary N) is 2. The number of aromatic nitrogens is 1. The van der Waals surface area contributed by atoms with E-state index in [1.54, 1.807) is 7.11 Å². The summed E-state index contributed by atoms with van der Waals surface area (Å²) in [6.45, 7) is 4.51. The first-order valence-electron chi connectivity index (χ1n) is 10.9. The van der Waals surface area contributed by atoms with Crippen molar-refractivity contribution >= 4 is 28.2 Å². The van der Waals surface area contributed by atoms with Gasteiger partial charge in [0, 0.05) is 30.8 Å². The zero-order valence-electron chi connectivity index (χ0n) is 18.5. The van der Waals surface area contributed by atoms with Gasteiger partial charge in [-0.25, -0.2) is 0 Å². The van der Waals surface area contributed by atoms with Gasteiger partial charge in [0.25, 0.3) is 5.56 Å². The number of pyridine rings is 1. The molecule has 0 amide bonds. The first-order chi connectivity index (χ1) is 15.5. The van der Waals surface area contributed by atoms with Gasteiger partial charge in [-0.3, -0.25) is 4.79 Å². The largest absolute Gasteiger partial charge is 0.497 e. The summed E-state index contributed by atoms with van der Waals surface area (Å²) in [4.78, 5) is 17.8. The van der Waals surface area contributed by atoms with E-state index in [9.17, 15) is 4.79 Å². The van der Waals surface area contributed by atoms with Gasteiger partial charge >= 0.3 is 0 Å². The molecule has 1 fully saturated rings. The number of methoxy groups -OCH3 is 1. The Hall–Kier alpha value is -2.90. The molecule has 4 rings (SSSR count). The van der Waals surface area contributed by atoms with Crippen molar-refractivity contribution < 1.29 is 9.47 Å². The normalized spacial score (nSPS) is 15.6. The highest BCUT2D eigenvalue weighted by atomic mass is 32.1. The Morgan fingerprint density at radius 1 is 1.22 bits per heavy atom. The molecule has 32 heavy (non-hydrogen) atoms. The first kappa shape index (κ1) is 22.3. The van der Waals surface area contributed by atoms with Gasteiger partial charge in [-0.05, 0) is 73.3 Å². The van der Waals surface area contributed by atoms with E-state index < -0.39 is 0 Å². The van der Waals surface area contributed by atoms with Crippen molar-refractivity contribution in [1.82, 2.24) is 15.2 Å². The number of nitrogens with zero attached hydrogens (tertiary/aromatic N) is 1. The van der Waals surface area contributed by atoms with Gasteiger partial charge in [-0.1, -0.05) is 23.8 Å². The van der Waals surface area contributed by atoms with Crippen LogP contribution in [-0.2, 0) is 17.8 Å². The monoisotopic (exact) mass is 451 g/mol. The zero-order valence-corrected chi connectivity index (χ0v) is 19.3. The van der Waals surface area contributed by atoms with E-state index in [0.717, 1.165) is 47.2 Å². The molecule has 0 spiro atoms. The number of aromatic amines is 1. The second kappa shape index (κ2) is 10.1. The molecule has 1 unspecified atom stereocenters. The third-order valence-corrected chi connectivity index (χ3v) is 6.17. The van der Waals surface area contributed by atoms with Crippen LogP contribution >= 0.6 is 12.2 Å². The van der Waals surface area contributed by atoms with Crippen molar-refractivity contribution in [3.05, 3.63) is 75.6 Å². The fourth-order valence-electron chi connectivity index (χ4n) is 3.96. The Bertz CT molecular complexity index is 1140. The summed E-state index contributed by atoms with van der Waals surface area (Å²) in [5.41, 5.74) is 3.66.